The topological polar surface area (TPSA) is 76.1 Å². The third-order valence-electron chi connectivity index (χ3n) is 4.88. The van der Waals surface area contributed by atoms with E-state index in [4.69, 9.17) is 4.74 Å². The van der Waals surface area contributed by atoms with E-state index in [1.54, 1.807) is 11.0 Å². The first kappa shape index (κ1) is 23.8. The van der Waals surface area contributed by atoms with Crippen molar-refractivity contribution in [1.82, 2.24) is 0 Å². The molecule has 2 aromatic carbocycles. The highest BCUT2D eigenvalue weighted by molar-refractivity contribution is 7.88. The molecule has 12 heteroatoms. The smallest absolute Gasteiger partial charge is 0.378 e. The SMILES string of the molecule is Cc1cc(N2CCOCC2)cc(OS(=O)(=O)C(F)(F)F)c1C(=O)N(C)c1ccc(F)cc1. The predicted octanol–water partition coefficient (Wildman–Crippen LogP) is 3.48. The van der Waals surface area contributed by atoms with Crippen molar-refractivity contribution in [2.45, 2.75) is 12.4 Å². The Morgan fingerprint density at radius 1 is 1.12 bits per heavy atom. The van der Waals surface area contributed by atoms with Gasteiger partial charge in [-0.15, -0.1) is 0 Å². The van der Waals surface area contributed by atoms with Crippen molar-refractivity contribution in [3.8, 4) is 5.75 Å². The molecule has 0 unspecified atom stereocenters. The van der Waals surface area contributed by atoms with Gasteiger partial charge in [0.2, 0.25) is 0 Å². The Kier molecular flexibility index (Phi) is 6.65. The highest BCUT2D eigenvalue weighted by Gasteiger charge is 2.49. The molecule has 1 fully saturated rings. The zero-order valence-corrected chi connectivity index (χ0v) is 18.0. The van der Waals surface area contributed by atoms with Crippen LogP contribution in [0.2, 0.25) is 0 Å². The second-order valence-corrected chi connectivity index (χ2v) is 8.60. The molecular weight excluding hydrogens is 456 g/mol. The molecule has 1 saturated heterocycles. The number of nitrogens with zero attached hydrogens (tertiary/aromatic N) is 2. The quantitative estimate of drug-likeness (QED) is 0.374. The highest BCUT2D eigenvalue weighted by Crippen LogP contribution is 2.35. The summed E-state index contributed by atoms with van der Waals surface area (Å²) in [6.45, 7) is 3.07. The summed E-state index contributed by atoms with van der Waals surface area (Å²) in [5.41, 5.74) is -5.20. The molecule has 1 aliphatic heterocycles. The molecule has 0 aromatic heterocycles. The van der Waals surface area contributed by atoms with Crippen LogP contribution in [0, 0.1) is 12.7 Å². The number of aryl methyl sites for hydroxylation is 1. The van der Waals surface area contributed by atoms with Gasteiger partial charge in [0.15, 0.2) is 5.75 Å². The van der Waals surface area contributed by atoms with Crippen molar-refractivity contribution in [1.29, 1.82) is 0 Å². The van der Waals surface area contributed by atoms with Crippen LogP contribution in [0.3, 0.4) is 0 Å². The Bertz CT molecular complexity index is 1100. The molecule has 0 saturated carbocycles. The van der Waals surface area contributed by atoms with Crippen LogP contribution in [0.1, 0.15) is 15.9 Å². The summed E-state index contributed by atoms with van der Waals surface area (Å²) in [5, 5.41) is 0. The van der Waals surface area contributed by atoms with Crippen molar-refractivity contribution >= 4 is 27.4 Å². The first-order valence-corrected chi connectivity index (χ1v) is 10.8. The van der Waals surface area contributed by atoms with E-state index in [0.29, 0.717) is 32.0 Å². The molecule has 2 aromatic rings. The summed E-state index contributed by atoms with van der Waals surface area (Å²) < 4.78 is 85.3. The molecule has 0 aliphatic carbocycles. The average Bonchev–Trinajstić information content (AvgIpc) is 2.72. The number of hydrogen-bond acceptors (Lipinski definition) is 6. The monoisotopic (exact) mass is 476 g/mol. The third-order valence-corrected chi connectivity index (χ3v) is 5.84. The molecular formula is C20H20F4N2O5S. The summed E-state index contributed by atoms with van der Waals surface area (Å²) in [5.74, 6) is -2.11. The number of benzene rings is 2. The molecule has 174 valence electrons. The van der Waals surface area contributed by atoms with Gasteiger partial charge in [0.25, 0.3) is 5.91 Å². The minimum Gasteiger partial charge on any atom is -0.378 e. The van der Waals surface area contributed by atoms with Crippen LogP contribution in [0.25, 0.3) is 0 Å². The number of hydrogen-bond donors (Lipinski definition) is 0. The third kappa shape index (κ3) is 4.96. The molecule has 0 atom stereocenters. The van der Waals surface area contributed by atoms with E-state index < -0.39 is 33.1 Å². The summed E-state index contributed by atoms with van der Waals surface area (Å²) in [4.78, 5) is 16.0. The lowest BCUT2D eigenvalue weighted by Gasteiger charge is -2.30. The maximum Gasteiger partial charge on any atom is 0.534 e. The average molecular weight is 476 g/mol. The molecule has 0 radical (unpaired) electrons. The summed E-state index contributed by atoms with van der Waals surface area (Å²) in [7, 11) is -4.70. The minimum atomic E-state index is -6.03. The van der Waals surface area contributed by atoms with Crippen molar-refractivity contribution < 1.29 is 39.7 Å². The zero-order chi connectivity index (χ0) is 23.7. The van der Waals surface area contributed by atoms with E-state index in [0.717, 1.165) is 23.1 Å². The zero-order valence-electron chi connectivity index (χ0n) is 17.1. The normalized spacial score (nSPS) is 14.9. The van der Waals surface area contributed by atoms with Crippen molar-refractivity contribution in [3.63, 3.8) is 0 Å². The van der Waals surface area contributed by atoms with E-state index in [9.17, 15) is 30.8 Å². The van der Waals surface area contributed by atoms with Gasteiger partial charge in [-0.3, -0.25) is 4.79 Å². The fourth-order valence-corrected chi connectivity index (χ4v) is 3.66. The first-order chi connectivity index (χ1) is 14.9. The maximum absolute atomic E-state index is 13.2. The summed E-state index contributed by atoms with van der Waals surface area (Å²) in [6.07, 6.45) is 0. The number of rotatable bonds is 5. The van der Waals surface area contributed by atoms with Crippen LogP contribution in [0.15, 0.2) is 36.4 Å². The maximum atomic E-state index is 13.2. The molecule has 3 rings (SSSR count). The number of carbonyl (C=O) groups is 1. The van der Waals surface area contributed by atoms with Crippen LogP contribution < -0.4 is 14.0 Å². The Morgan fingerprint density at radius 3 is 2.28 bits per heavy atom. The lowest BCUT2D eigenvalue weighted by atomic mass is 10.0. The number of morpholine rings is 1. The van der Waals surface area contributed by atoms with Gasteiger partial charge in [0.1, 0.15) is 5.82 Å². The fourth-order valence-electron chi connectivity index (χ4n) is 3.20. The molecule has 0 N–H and O–H groups in total. The van der Waals surface area contributed by atoms with Crippen LogP contribution in [-0.2, 0) is 14.9 Å². The van der Waals surface area contributed by atoms with Gasteiger partial charge in [-0.1, -0.05) is 0 Å². The summed E-state index contributed by atoms with van der Waals surface area (Å²) in [6, 6.07) is 7.48. The minimum absolute atomic E-state index is 0.209. The van der Waals surface area contributed by atoms with E-state index in [2.05, 4.69) is 4.18 Å². The number of anilines is 2. The van der Waals surface area contributed by atoms with Gasteiger partial charge < -0.3 is 18.7 Å². The van der Waals surface area contributed by atoms with Gasteiger partial charge in [0, 0.05) is 37.6 Å². The van der Waals surface area contributed by atoms with Gasteiger partial charge in [-0.2, -0.15) is 21.6 Å². The largest absolute Gasteiger partial charge is 0.534 e. The Hall–Kier alpha value is -2.86. The van der Waals surface area contributed by atoms with E-state index >= 15 is 0 Å². The van der Waals surface area contributed by atoms with Crippen LogP contribution in [-0.4, -0.2) is 53.2 Å². The molecule has 1 amide bonds. The summed E-state index contributed by atoms with van der Waals surface area (Å²) >= 11 is 0. The molecule has 1 aliphatic rings. The second-order valence-electron chi connectivity index (χ2n) is 7.06. The number of halogens is 4. The van der Waals surface area contributed by atoms with Crippen LogP contribution >= 0.6 is 0 Å². The highest BCUT2D eigenvalue weighted by atomic mass is 32.2. The lowest BCUT2D eigenvalue weighted by Crippen LogP contribution is -2.36. The van der Waals surface area contributed by atoms with Crippen molar-refractivity contribution in [3.05, 3.63) is 53.3 Å². The first-order valence-electron chi connectivity index (χ1n) is 9.42. The predicted molar refractivity (Wildman–Crippen MR) is 109 cm³/mol. The van der Waals surface area contributed by atoms with E-state index in [-0.39, 0.29) is 16.8 Å². The van der Waals surface area contributed by atoms with Crippen LogP contribution in [0.4, 0.5) is 28.9 Å². The number of alkyl halides is 3. The Balaban J connectivity index is 2.08. The van der Waals surface area contributed by atoms with Gasteiger partial charge in [-0.25, -0.2) is 4.39 Å². The second kappa shape index (κ2) is 8.94. The lowest BCUT2D eigenvalue weighted by molar-refractivity contribution is -0.0500. The van der Waals surface area contributed by atoms with Gasteiger partial charge in [0.05, 0.1) is 18.8 Å². The standard InChI is InChI=1S/C20H20F4N2O5S/c1-13-11-16(26-7-9-30-10-8-26)12-17(31-32(28,29)20(22,23)24)18(13)19(27)25(2)15-5-3-14(21)4-6-15/h3-6,11-12H,7-10H2,1-2H3. The van der Waals surface area contributed by atoms with Crippen LogP contribution in [0.5, 0.6) is 5.75 Å². The van der Waals surface area contributed by atoms with Crippen molar-refractivity contribution in [2.75, 3.05) is 43.2 Å². The number of amides is 1. The van der Waals surface area contributed by atoms with E-state index in [1.807, 2.05) is 0 Å². The molecule has 7 nitrogen and oxygen atoms in total. The van der Waals surface area contributed by atoms with Gasteiger partial charge >= 0.3 is 15.6 Å². The van der Waals surface area contributed by atoms with Crippen molar-refractivity contribution in [2.24, 2.45) is 0 Å². The number of ether oxygens (including phenoxy) is 1. The molecule has 0 spiro atoms. The van der Waals surface area contributed by atoms with Gasteiger partial charge in [-0.05, 0) is 42.8 Å². The molecule has 32 heavy (non-hydrogen) atoms. The Labute approximate surface area is 182 Å². The van der Waals surface area contributed by atoms with E-state index in [1.165, 1.54) is 26.1 Å². The molecule has 0 bridgehead atoms. The fraction of sp³-hybridized carbons (Fsp3) is 0.350. The number of carbonyl (C=O) groups excluding carboxylic acids is 1. The Morgan fingerprint density at radius 2 is 1.72 bits per heavy atom. The molecule has 1 heterocycles.